The Morgan fingerprint density at radius 2 is 1.90 bits per heavy atom. The number of hydrogen-bond donors (Lipinski definition) is 0. The van der Waals surface area contributed by atoms with Crippen molar-refractivity contribution in [3.63, 3.8) is 0 Å². The third kappa shape index (κ3) is 5.33. The molecule has 1 aromatic rings. The molecule has 0 N–H and O–H groups in total. The molecular formula is C17H26O2Si. The molecule has 0 unspecified atom stereocenters. The van der Waals surface area contributed by atoms with E-state index in [-0.39, 0.29) is 5.97 Å². The van der Waals surface area contributed by atoms with Gasteiger partial charge in [-0.25, -0.2) is 4.79 Å². The molecule has 0 saturated carbocycles. The Kier molecular flexibility index (Phi) is 6.72. The molecular weight excluding hydrogens is 264 g/mol. The first-order valence-electron chi connectivity index (χ1n) is 7.32. The minimum Gasteiger partial charge on any atom is -0.466 e. The molecule has 20 heavy (non-hydrogen) atoms. The number of hydrogen-bond acceptors (Lipinski definition) is 2. The van der Waals surface area contributed by atoms with Gasteiger partial charge in [0.2, 0.25) is 0 Å². The lowest BCUT2D eigenvalue weighted by Gasteiger charge is -2.26. The van der Waals surface area contributed by atoms with E-state index in [9.17, 15) is 4.79 Å². The quantitative estimate of drug-likeness (QED) is 0.425. The van der Waals surface area contributed by atoms with Gasteiger partial charge >= 0.3 is 5.97 Å². The van der Waals surface area contributed by atoms with Gasteiger partial charge in [-0.1, -0.05) is 74.0 Å². The molecule has 0 aliphatic heterocycles. The SMILES string of the molecule is CCCC/C(=C/C(=O)OC)[Si](C)(C)Cc1ccccc1. The van der Waals surface area contributed by atoms with Crippen LogP contribution in [0.5, 0.6) is 0 Å². The summed E-state index contributed by atoms with van der Waals surface area (Å²) in [5, 5.41) is 1.31. The second-order valence-electron chi connectivity index (χ2n) is 5.84. The van der Waals surface area contributed by atoms with E-state index in [4.69, 9.17) is 4.74 Å². The second kappa shape index (κ2) is 8.05. The van der Waals surface area contributed by atoms with Gasteiger partial charge in [-0.2, -0.15) is 0 Å². The Bertz CT molecular complexity index is 449. The molecule has 2 nitrogen and oxygen atoms in total. The Morgan fingerprint density at radius 1 is 1.25 bits per heavy atom. The predicted octanol–water partition coefficient (Wildman–Crippen LogP) is 4.31. The molecule has 3 heteroatoms. The highest BCUT2D eigenvalue weighted by Crippen LogP contribution is 2.25. The molecule has 0 atom stereocenters. The lowest BCUT2D eigenvalue weighted by Crippen LogP contribution is -2.33. The van der Waals surface area contributed by atoms with E-state index in [1.54, 1.807) is 6.08 Å². The molecule has 0 saturated heterocycles. The summed E-state index contributed by atoms with van der Waals surface area (Å²) in [7, 11) is -0.183. The summed E-state index contributed by atoms with van der Waals surface area (Å²) in [5.74, 6) is -0.218. The Labute approximate surface area is 123 Å². The van der Waals surface area contributed by atoms with Crippen LogP contribution in [0.4, 0.5) is 0 Å². The fraction of sp³-hybridized carbons (Fsp3) is 0.471. The van der Waals surface area contributed by atoms with Gasteiger partial charge in [0.25, 0.3) is 0 Å². The number of rotatable bonds is 7. The Balaban J connectivity index is 2.92. The first-order valence-corrected chi connectivity index (χ1v) is 10.5. The number of carbonyl (C=O) groups excluding carboxylic acids is 1. The van der Waals surface area contributed by atoms with Crippen molar-refractivity contribution in [1.82, 2.24) is 0 Å². The van der Waals surface area contributed by atoms with E-state index < -0.39 is 8.07 Å². The fourth-order valence-electron chi connectivity index (χ4n) is 2.39. The number of allylic oxidation sites excluding steroid dienone is 1. The summed E-state index contributed by atoms with van der Waals surface area (Å²) in [4.78, 5) is 11.6. The molecule has 110 valence electrons. The summed E-state index contributed by atoms with van der Waals surface area (Å²) in [6, 6.07) is 11.6. The van der Waals surface area contributed by atoms with Gasteiger partial charge in [-0.05, 0) is 12.5 Å². The van der Waals surface area contributed by atoms with Crippen molar-refractivity contribution in [2.45, 2.75) is 45.3 Å². The maximum absolute atomic E-state index is 11.6. The summed E-state index contributed by atoms with van der Waals surface area (Å²) in [5.41, 5.74) is 1.36. The van der Waals surface area contributed by atoms with Crippen LogP contribution < -0.4 is 0 Å². The molecule has 0 aliphatic carbocycles. The van der Waals surface area contributed by atoms with Gasteiger partial charge in [-0.3, -0.25) is 0 Å². The van der Waals surface area contributed by atoms with Crippen LogP contribution in [-0.4, -0.2) is 21.2 Å². The standard InChI is InChI=1S/C17H26O2Si/c1-5-6-12-16(13-17(18)19-2)20(3,4)14-15-10-8-7-9-11-15/h7-11,13H,5-6,12,14H2,1-4H3/b16-13-. The summed E-state index contributed by atoms with van der Waals surface area (Å²) < 4.78 is 4.81. The van der Waals surface area contributed by atoms with Gasteiger partial charge in [-0.15, -0.1) is 0 Å². The highest BCUT2D eigenvalue weighted by atomic mass is 28.3. The summed E-state index contributed by atoms with van der Waals surface area (Å²) in [6.45, 7) is 6.86. The summed E-state index contributed by atoms with van der Waals surface area (Å²) in [6.07, 6.45) is 5.03. The molecule has 1 aromatic carbocycles. The molecule has 0 bridgehead atoms. The van der Waals surface area contributed by atoms with Gasteiger partial charge in [0.05, 0.1) is 15.2 Å². The number of carbonyl (C=O) groups is 1. The third-order valence-corrected chi connectivity index (χ3v) is 7.08. The molecule has 0 amide bonds. The lowest BCUT2D eigenvalue weighted by molar-refractivity contribution is -0.134. The lowest BCUT2D eigenvalue weighted by atomic mass is 10.2. The Hall–Kier alpha value is -1.35. The maximum Gasteiger partial charge on any atom is 0.330 e. The largest absolute Gasteiger partial charge is 0.466 e. The van der Waals surface area contributed by atoms with Crippen LogP contribution in [0.15, 0.2) is 41.6 Å². The number of benzene rings is 1. The smallest absolute Gasteiger partial charge is 0.330 e. The number of methoxy groups -OCH3 is 1. The monoisotopic (exact) mass is 290 g/mol. The molecule has 0 spiro atoms. The Morgan fingerprint density at radius 3 is 2.45 bits per heavy atom. The average Bonchev–Trinajstić information content (AvgIpc) is 2.43. The summed E-state index contributed by atoms with van der Waals surface area (Å²) >= 11 is 0. The minimum absolute atomic E-state index is 0.218. The van der Waals surface area contributed by atoms with Crippen molar-refractivity contribution in [2.75, 3.05) is 7.11 Å². The topological polar surface area (TPSA) is 26.3 Å². The first kappa shape index (κ1) is 16.7. The van der Waals surface area contributed by atoms with Crippen LogP contribution in [0.3, 0.4) is 0 Å². The van der Waals surface area contributed by atoms with E-state index in [2.05, 4.69) is 44.3 Å². The van der Waals surface area contributed by atoms with Crippen molar-refractivity contribution in [3.05, 3.63) is 47.2 Å². The van der Waals surface area contributed by atoms with Crippen molar-refractivity contribution < 1.29 is 9.53 Å². The van der Waals surface area contributed by atoms with Crippen molar-refractivity contribution >= 4 is 14.0 Å². The van der Waals surface area contributed by atoms with Gasteiger partial charge in [0.15, 0.2) is 0 Å². The van der Waals surface area contributed by atoms with Gasteiger partial charge in [0, 0.05) is 6.08 Å². The van der Waals surface area contributed by atoms with E-state index >= 15 is 0 Å². The van der Waals surface area contributed by atoms with Crippen molar-refractivity contribution in [2.24, 2.45) is 0 Å². The van der Waals surface area contributed by atoms with Crippen LogP contribution in [0, 0.1) is 0 Å². The van der Waals surface area contributed by atoms with Crippen LogP contribution in [0.2, 0.25) is 13.1 Å². The zero-order valence-corrected chi connectivity index (χ0v) is 14.1. The second-order valence-corrected chi connectivity index (χ2v) is 10.6. The zero-order chi connectivity index (χ0) is 15.0. The van der Waals surface area contributed by atoms with Gasteiger partial charge < -0.3 is 4.74 Å². The van der Waals surface area contributed by atoms with Crippen molar-refractivity contribution in [1.29, 1.82) is 0 Å². The molecule has 0 fully saturated rings. The predicted molar refractivity (Wildman–Crippen MR) is 87.3 cm³/mol. The third-order valence-electron chi connectivity index (χ3n) is 3.65. The van der Waals surface area contributed by atoms with E-state index in [1.807, 2.05) is 6.07 Å². The molecule has 0 radical (unpaired) electrons. The molecule has 0 aliphatic rings. The van der Waals surface area contributed by atoms with E-state index in [0.29, 0.717) is 0 Å². The highest BCUT2D eigenvalue weighted by Gasteiger charge is 2.26. The molecule has 1 rings (SSSR count). The van der Waals surface area contributed by atoms with Crippen LogP contribution in [0.25, 0.3) is 0 Å². The molecule has 0 aromatic heterocycles. The van der Waals surface area contributed by atoms with Crippen LogP contribution >= 0.6 is 0 Å². The van der Waals surface area contributed by atoms with Gasteiger partial charge in [0.1, 0.15) is 0 Å². The highest BCUT2D eigenvalue weighted by molar-refractivity contribution is 6.84. The first-order chi connectivity index (χ1) is 9.49. The van der Waals surface area contributed by atoms with E-state index in [0.717, 1.165) is 25.3 Å². The van der Waals surface area contributed by atoms with Crippen LogP contribution in [-0.2, 0) is 15.6 Å². The maximum atomic E-state index is 11.6. The minimum atomic E-state index is -1.63. The van der Waals surface area contributed by atoms with Crippen LogP contribution in [0.1, 0.15) is 31.7 Å². The fourth-order valence-corrected chi connectivity index (χ4v) is 5.24. The average molecular weight is 290 g/mol. The molecule has 0 heterocycles. The van der Waals surface area contributed by atoms with E-state index in [1.165, 1.54) is 17.9 Å². The zero-order valence-electron chi connectivity index (χ0n) is 13.1. The normalized spacial score (nSPS) is 12.3. The van der Waals surface area contributed by atoms with Crippen molar-refractivity contribution in [3.8, 4) is 0 Å². The number of ether oxygens (including phenoxy) is 1. The number of esters is 1. The number of unbranched alkanes of at least 4 members (excludes halogenated alkanes) is 1.